The molecule has 1 fully saturated rings. The Morgan fingerprint density at radius 3 is 2.46 bits per heavy atom. The third kappa shape index (κ3) is 5.54. The van der Waals surface area contributed by atoms with Crippen LogP contribution in [0.4, 0.5) is 10.5 Å². The van der Waals surface area contributed by atoms with Gasteiger partial charge in [0.15, 0.2) is 0 Å². The number of aromatic nitrogens is 1. The Bertz CT molecular complexity index is 683. The van der Waals surface area contributed by atoms with Crippen LogP contribution in [-0.4, -0.2) is 42.2 Å². The highest BCUT2D eigenvalue weighted by molar-refractivity contribution is 5.89. The first-order chi connectivity index (χ1) is 12.7. The van der Waals surface area contributed by atoms with Gasteiger partial charge in [-0.2, -0.15) is 0 Å². The van der Waals surface area contributed by atoms with E-state index in [2.05, 4.69) is 32.7 Å². The van der Waals surface area contributed by atoms with Crippen molar-refractivity contribution in [2.24, 2.45) is 0 Å². The van der Waals surface area contributed by atoms with E-state index in [-0.39, 0.29) is 12.1 Å². The number of ether oxygens (including phenoxy) is 1. The average Bonchev–Trinajstić information content (AvgIpc) is 2.66. The molecule has 0 atom stereocenters. The molecular weight excluding hydrogens is 328 g/mol. The van der Waals surface area contributed by atoms with Crippen molar-refractivity contribution >= 4 is 11.7 Å². The van der Waals surface area contributed by atoms with Crippen LogP contribution in [0.1, 0.15) is 24.0 Å². The second-order valence-electron chi connectivity index (χ2n) is 6.63. The minimum Gasteiger partial charge on any atom is -0.380 e. The molecule has 3 rings (SSSR count). The summed E-state index contributed by atoms with van der Waals surface area (Å²) in [6.07, 6.45) is 5.59. The van der Waals surface area contributed by atoms with Crippen LogP contribution in [0, 0.1) is 0 Å². The number of urea groups is 1. The Morgan fingerprint density at radius 2 is 1.81 bits per heavy atom. The van der Waals surface area contributed by atoms with Gasteiger partial charge in [0.05, 0.1) is 6.61 Å². The Hall–Kier alpha value is -2.44. The first kappa shape index (κ1) is 18.4. The molecule has 0 unspecified atom stereocenters. The molecule has 0 spiro atoms. The minimum atomic E-state index is -0.142. The Balaban J connectivity index is 1.40. The molecule has 1 aliphatic rings. The van der Waals surface area contributed by atoms with E-state index in [1.807, 2.05) is 36.7 Å². The third-order valence-electron chi connectivity index (χ3n) is 4.60. The van der Waals surface area contributed by atoms with Gasteiger partial charge in [-0.25, -0.2) is 4.79 Å². The highest BCUT2D eigenvalue weighted by Gasteiger charge is 2.20. The zero-order chi connectivity index (χ0) is 18.2. The van der Waals surface area contributed by atoms with Gasteiger partial charge >= 0.3 is 6.03 Å². The predicted octanol–water partition coefficient (Wildman–Crippen LogP) is 3.01. The first-order valence-corrected chi connectivity index (χ1v) is 8.99. The number of rotatable bonds is 6. The van der Waals surface area contributed by atoms with Gasteiger partial charge in [-0.1, -0.05) is 12.1 Å². The standard InChI is InChI=1S/C20H26N4O2/c1-26-15-17-2-4-18(5-3-17)22-20(25)23-19-8-12-24(13-9-19)14-16-6-10-21-11-7-16/h2-7,10-11,19H,8-9,12-15H2,1H3,(H2,22,23,25). The summed E-state index contributed by atoms with van der Waals surface area (Å²) >= 11 is 0. The van der Waals surface area contributed by atoms with Crippen LogP contribution >= 0.6 is 0 Å². The lowest BCUT2D eigenvalue weighted by Crippen LogP contribution is -2.45. The highest BCUT2D eigenvalue weighted by Crippen LogP contribution is 2.14. The fourth-order valence-corrected chi connectivity index (χ4v) is 3.19. The quantitative estimate of drug-likeness (QED) is 0.837. The van der Waals surface area contributed by atoms with Gasteiger partial charge in [0, 0.05) is 50.9 Å². The van der Waals surface area contributed by atoms with Crippen LogP contribution in [-0.2, 0) is 17.9 Å². The van der Waals surface area contributed by atoms with E-state index in [0.29, 0.717) is 6.61 Å². The van der Waals surface area contributed by atoms with Gasteiger partial charge < -0.3 is 15.4 Å². The molecule has 2 N–H and O–H groups in total. The number of hydrogen-bond acceptors (Lipinski definition) is 4. The summed E-state index contributed by atoms with van der Waals surface area (Å²) in [7, 11) is 1.67. The molecule has 26 heavy (non-hydrogen) atoms. The zero-order valence-corrected chi connectivity index (χ0v) is 15.1. The summed E-state index contributed by atoms with van der Waals surface area (Å²) in [5, 5.41) is 5.98. The van der Waals surface area contributed by atoms with Crippen molar-refractivity contribution in [3.05, 3.63) is 59.9 Å². The van der Waals surface area contributed by atoms with E-state index in [4.69, 9.17) is 4.74 Å². The molecule has 2 amide bonds. The lowest BCUT2D eigenvalue weighted by molar-refractivity contribution is 0.185. The van der Waals surface area contributed by atoms with Crippen LogP contribution in [0.25, 0.3) is 0 Å². The molecule has 0 saturated carbocycles. The van der Waals surface area contributed by atoms with E-state index in [1.165, 1.54) is 5.56 Å². The van der Waals surface area contributed by atoms with Crippen molar-refractivity contribution < 1.29 is 9.53 Å². The van der Waals surface area contributed by atoms with Crippen LogP contribution in [0.3, 0.4) is 0 Å². The number of carbonyl (C=O) groups excluding carboxylic acids is 1. The molecule has 1 aliphatic heterocycles. The maximum absolute atomic E-state index is 12.2. The van der Waals surface area contributed by atoms with E-state index >= 15 is 0 Å². The van der Waals surface area contributed by atoms with Crippen LogP contribution < -0.4 is 10.6 Å². The molecule has 2 aromatic rings. The fraction of sp³-hybridized carbons (Fsp3) is 0.400. The van der Waals surface area contributed by atoms with E-state index in [0.717, 1.165) is 43.7 Å². The maximum atomic E-state index is 12.2. The molecule has 0 aliphatic carbocycles. The predicted molar refractivity (Wildman–Crippen MR) is 102 cm³/mol. The molecule has 6 nitrogen and oxygen atoms in total. The molecular formula is C20H26N4O2. The number of benzene rings is 1. The van der Waals surface area contributed by atoms with Crippen molar-refractivity contribution in [2.75, 3.05) is 25.5 Å². The second-order valence-corrected chi connectivity index (χ2v) is 6.63. The van der Waals surface area contributed by atoms with Crippen LogP contribution in [0.5, 0.6) is 0 Å². The van der Waals surface area contributed by atoms with E-state index < -0.39 is 0 Å². The number of piperidine rings is 1. The number of nitrogens with zero attached hydrogens (tertiary/aromatic N) is 2. The van der Waals surface area contributed by atoms with Crippen molar-refractivity contribution in [1.29, 1.82) is 0 Å². The number of carbonyl (C=O) groups is 1. The van der Waals surface area contributed by atoms with Crippen LogP contribution in [0.15, 0.2) is 48.8 Å². The molecule has 1 saturated heterocycles. The number of methoxy groups -OCH3 is 1. The van der Waals surface area contributed by atoms with E-state index in [1.54, 1.807) is 7.11 Å². The number of pyridine rings is 1. The molecule has 0 radical (unpaired) electrons. The fourth-order valence-electron chi connectivity index (χ4n) is 3.19. The zero-order valence-electron chi connectivity index (χ0n) is 15.1. The average molecular weight is 354 g/mol. The number of amides is 2. The first-order valence-electron chi connectivity index (χ1n) is 8.99. The largest absolute Gasteiger partial charge is 0.380 e. The third-order valence-corrected chi connectivity index (χ3v) is 4.60. The van der Waals surface area contributed by atoms with Gasteiger partial charge in [0.2, 0.25) is 0 Å². The Labute approximate surface area is 154 Å². The van der Waals surface area contributed by atoms with Crippen LogP contribution in [0.2, 0.25) is 0 Å². The summed E-state index contributed by atoms with van der Waals surface area (Å²) in [5.41, 5.74) is 3.15. The number of hydrogen-bond donors (Lipinski definition) is 2. The number of nitrogens with one attached hydrogen (secondary N) is 2. The number of likely N-dealkylation sites (tertiary alicyclic amines) is 1. The van der Waals surface area contributed by atoms with Crippen molar-refractivity contribution in [3.8, 4) is 0 Å². The molecule has 0 bridgehead atoms. The minimum absolute atomic E-state index is 0.142. The molecule has 2 heterocycles. The highest BCUT2D eigenvalue weighted by atomic mass is 16.5. The molecule has 1 aromatic carbocycles. The lowest BCUT2D eigenvalue weighted by atomic mass is 10.0. The van der Waals surface area contributed by atoms with Gasteiger partial charge in [-0.15, -0.1) is 0 Å². The van der Waals surface area contributed by atoms with Crippen molar-refractivity contribution in [2.45, 2.75) is 32.0 Å². The summed E-state index contributed by atoms with van der Waals surface area (Å²) < 4.78 is 5.09. The van der Waals surface area contributed by atoms with Gasteiger partial charge in [-0.3, -0.25) is 9.88 Å². The normalized spacial score (nSPS) is 15.6. The van der Waals surface area contributed by atoms with Gasteiger partial charge in [0.1, 0.15) is 0 Å². The summed E-state index contributed by atoms with van der Waals surface area (Å²) in [6, 6.07) is 11.9. The second kappa shape index (κ2) is 9.31. The van der Waals surface area contributed by atoms with Gasteiger partial charge in [-0.05, 0) is 48.2 Å². The van der Waals surface area contributed by atoms with Crippen molar-refractivity contribution in [3.63, 3.8) is 0 Å². The molecule has 138 valence electrons. The maximum Gasteiger partial charge on any atom is 0.319 e. The van der Waals surface area contributed by atoms with E-state index in [9.17, 15) is 4.79 Å². The lowest BCUT2D eigenvalue weighted by Gasteiger charge is -2.32. The molecule has 6 heteroatoms. The molecule has 1 aromatic heterocycles. The summed E-state index contributed by atoms with van der Waals surface area (Å²) in [6.45, 7) is 3.48. The summed E-state index contributed by atoms with van der Waals surface area (Å²) in [4.78, 5) is 18.7. The van der Waals surface area contributed by atoms with Gasteiger partial charge in [0.25, 0.3) is 0 Å². The topological polar surface area (TPSA) is 66.5 Å². The van der Waals surface area contributed by atoms with Crippen molar-refractivity contribution in [1.82, 2.24) is 15.2 Å². The SMILES string of the molecule is COCc1ccc(NC(=O)NC2CCN(Cc3ccncc3)CC2)cc1. The Morgan fingerprint density at radius 1 is 1.12 bits per heavy atom. The number of anilines is 1. The summed E-state index contributed by atoms with van der Waals surface area (Å²) in [5.74, 6) is 0. The monoisotopic (exact) mass is 354 g/mol. The Kier molecular flexibility index (Phi) is 6.57. The smallest absolute Gasteiger partial charge is 0.319 e.